The molecule has 11 nitrogen and oxygen atoms in total. The average Bonchev–Trinajstić information content (AvgIpc) is 3.18. The highest BCUT2D eigenvalue weighted by molar-refractivity contribution is 6.03. The van der Waals surface area contributed by atoms with Crippen molar-refractivity contribution < 1.29 is 38.9 Å². The van der Waals surface area contributed by atoms with Gasteiger partial charge in [-0.05, 0) is 74.6 Å². The van der Waals surface area contributed by atoms with Gasteiger partial charge in [-0.3, -0.25) is 4.79 Å². The van der Waals surface area contributed by atoms with Gasteiger partial charge in [-0.2, -0.15) is 0 Å². The molecule has 0 spiro atoms. The van der Waals surface area contributed by atoms with E-state index in [1.54, 1.807) is 19.3 Å². The molecule has 1 saturated carbocycles. The first kappa shape index (κ1) is 44.3. The number of aliphatic hydroxyl groups is 2. The van der Waals surface area contributed by atoms with Gasteiger partial charge in [0, 0.05) is 51.1 Å². The molecule has 3 aliphatic rings. The molecule has 308 valence electrons. The van der Waals surface area contributed by atoms with Crippen molar-refractivity contribution in [3.8, 4) is 11.5 Å². The number of allylic oxidation sites excluding steroid dienone is 1. The molecule has 0 unspecified atom stereocenters. The quantitative estimate of drug-likeness (QED) is 0.0512. The Morgan fingerprint density at radius 3 is 2.35 bits per heavy atom. The van der Waals surface area contributed by atoms with Crippen molar-refractivity contribution in [3.05, 3.63) is 48.1 Å². The van der Waals surface area contributed by atoms with Crippen LogP contribution in [0.15, 0.2) is 47.7 Å². The number of ether oxygens (including phenoxy) is 3. The van der Waals surface area contributed by atoms with Crippen LogP contribution in [0.2, 0.25) is 0 Å². The van der Waals surface area contributed by atoms with Crippen molar-refractivity contribution in [3.63, 3.8) is 0 Å². The molecule has 1 aliphatic heterocycles. The Hall–Kier alpha value is -3.41. The molecule has 1 fully saturated rings. The van der Waals surface area contributed by atoms with Crippen LogP contribution >= 0.6 is 0 Å². The molecule has 4 rings (SSSR count). The Bertz CT molecular complexity index is 1430. The second-order valence-electron chi connectivity index (χ2n) is 15.5. The summed E-state index contributed by atoms with van der Waals surface area (Å²) < 4.78 is 19.8. The van der Waals surface area contributed by atoms with Gasteiger partial charge in [0.2, 0.25) is 11.7 Å². The second-order valence-corrected chi connectivity index (χ2v) is 15.5. The maximum atomic E-state index is 14.1. The lowest BCUT2D eigenvalue weighted by Crippen LogP contribution is -2.69. The minimum absolute atomic E-state index is 0.0348. The molecule has 55 heavy (non-hydrogen) atoms. The van der Waals surface area contributed by atoms with Gasteiger partial charge in [-0.15, -0.1) is 6.58 Å². The van der Waals surface area contributed by atoms with Crippen LogP contribution in [0.3, 0.4) is 0 Å². The summed E-state index contributed by atoms with van der Waals surface area (Å²) >= 11 is 0. The molecule has 1 aromatic carbocycles. The van der Waals surface area contributed by atoms with Gasteiger partial charge in [-0.1, -0.05) is 88.4 Å². The van der Waals surface area contributed by atoms with E-state index in [0.29, 0.717) is 43.7 Å². The van der Waals surface area contributed by atoms with Crippen LogP contribution in [0, 0.1) is 17.8 Å². The number of unbranched alkanes of at least 4 members (excludes halogenated alkanes) is 10. The monoisotopic (exact) mass is 768 g/mol. The fourth-order valence-corrected chi connectivity index (χ4v) is 9.13. The molecule has 0 saturated heterocycles. The Morgan fingerprint density at radius 1 is 1.00 bits per heavy atom. The number of benzene rings is 1. The summed E-state index contributed by atoms with van der Waals surface area (Å²) in [6.45, 7) is 8.92. The summed E-state index contributed by atoms with van der Waals surface area (Å²) in [6.07, 6.45) is 19.5. The molecule has 0 bridgehead atoms. The van der Waals surface area contributed by atoms with E-state index in [1.807, 2.05) is 31.0 Å². The summed E-state index contributed by atoms with van der Waals surface area (Å²) in [5.41, 5.74) is 2.63. The standard InChI is InChI=1S/C44H69N3O8/c1-6-9-10-11-12-13-14-15-16-23-40(50)47(4)39-31-37(46-52-5)35-29-32(21-17-19-26-48)34(22-18-20-27-49)41-36-30-33(54-43(51)45-8-3)24-25-38(36)55-44(39,42(35)41)53-28-7-2/h7,24-25,29-30,32,34,39,41-42,48-49H,2,6,8-23,26-28,31H2,1,3-5H3,(H,45,51)/t32-,34+,39-,41+,42+,44+/m0/s1. The third-order valence-electron chi connectivity index (χ3n) is 11.7. The first-order chi connectivity index (χ1) is 26.8. The third-order valence-corrected chi connectivity index (χ3v) is 11.7. The van der Waals surface area contributed by atoms with Crippen molar-refractivity contribution >= 4 is 17.7 Å². The highest BCUT2D eigenvalue weighted by atomic mass is 16.7. The fourth-order valence-electron chi connectivity index (χ4n) is 9.13. The van der Waals surface area contributed by atoms with E-state index in [4.69, 9.17) is 19.0 Å². The molecule has 6 atom stereocenters. The Labute approximate surface area is 329 Å². The molecule has 1 aromatic rings. The van der Waals surface area contributed by atoms with E-state index in [-0.39, 0.29) is 43.5 Å². The van der Waals surface area contributed by atoms with Gasteiger partial charge < -0.3 is 39.5 Å². The summed E-state index contributed by atoms with van der Waals surface area (Å²) in [4.78, 5) is 34.1. The maximum absolute atomic E-state index is 14.1. The summed E-state index contributed by atoms with van der Waals surface area (Å²) in [5, 5.41) is 26.9. The van der Waals surface area contributed by atoms with Gasteiger partial charge in [0.25, 0.3) is 0 Å². The first-order valence-corrected chi connectivity index (χ1v) is 21.1. The Morgan fingerprint density at radius 2 is 1.69 bits per heavy atom. The number of oxime groups is 1. The predicted molar refractivity (Wildman–Crippen MR) is 216 cm³/mol. The topological polar surface area (TPSA) is 139 Å². The smallest absolute Gasteiger partial charge is 0.412 e. The minimum atomic E-state index is -1.29. The highest BCUT2D eigenvalue weighted by Crippen LogP contribution is 2.61. The number of hydrogen-bond donors (Lipinski definition) is 3. The number of nitrogens with one attached hydrogen (secondary N) is 1. The zero-order valence-electron chi connectivity index (χ0n) is 34.1. The molecule has 0 radical (unpaired) electrons. The van der Waals surface area contributed by atoms with Crippen LogP contribution in [0.5, 0.6) is 11.5 Å². The van der Waals surface area contributed by atoms with E-state index < -0.39 is 23.8 Å². The highest BCUT2D eigenvalue weighted by Gasteiger charge is 2.65. The Kier molecular flexibility index (Phi) is 18.5. The van der Waals surface area contributed by atoms with E-state index in [9.17, 15) is 19.8 Å². The number of carbonyl (C=O) groups is 2. The van der Waals surface area contributed by atoms with Crippen molar-refractivity contribution in [2.75, 3.05) is 40.5 Å². The van der Waals surface area contributed by atoms with Crippen molar-refractivity contribution in [2.45, 2.75) is 141 Å². The second kappa shape index (κ2) is 23.0. The van der Waals surface area contributed by atoms with Crippen LogP contribution in [0.25, 0.3) is 0 Å². The molecular formula is C44H69N3O8. The van der Waals surface area contributed by atoms with E-state index in [0.717, 1.165) is 61.8 Å². The number of aliphatic hydroxyl groups excluding tert-OH is 2. The molecule has 2 aliphatic carbocycles. The number of likely N-dealkylation sites (N-methyl/N-ethyl adjacent to an activating group) is 1. The van der Waals surface area contributed by atoms with Gasteiger partial charge in [0.1, 0.15) is 24.7 Å². The van der Waals surface area contributed by atoms with Crippen LogP contribution in [-0.4, -0.2) is 85.2 Å². The molecule has 1 heterocycles. The zero-order valence-corrected chi connectivity index (χ0v) is 34.1. The molecule has 2 amide bonds. The van der Waals surface area contributed by atoms with E-state index in [1.165, 1.54) is 38.5 Å². The van der Waals surface area contributed by atoms with Gasteiger partial charge in [0.15, 0.2) is 0 Å². The summed E-state index contributed by atoms with van der Waals surface area (Å²) in [6, 6.07) is 4.96. The van der Waals surface area contributed by atoms with Crippen LogP contribution in [-0.2, 0) is 14.4 Å². The van der Waals surface area contributed by atoms with Crippen molar-refractivity contribution in [2.24, 2.45) is 22.9 Å². The number of rotatable bonds is 25. The summed E-state index contributed by atoms with van der Waals surface area (Å²) in [7, 11) is 3.40. The van der Waals surface area contributed by atoms with Gasteiger partial charge >= 0.3 is 6.09 Å². The van der Waals surface area contributed by atoms with Crippen LogP contribution < -0.4 is 14.8 Å². The third kappa shape index (κ3) is 11.3. The number of fused-ring (bicyclic) bond motifs is 2. The number of carbonyl (C=O) groups excluding carboxylic acids is 2. The lowest BCUT2D eigenvalue weighted by molar-refractivity contribution is -0.255. The van der Waals surface area contributed by atoms with E-state index >= 15 is 0 Å². The molecule has 3 N–H and O–H groups in total. The summed E-state index contributed by atoms with van der Waals surface area (Å²) in [5.74, 6) is -0.624. The lowest BCUT2D eigenvalue weighted by atomic mass is 9.55. The first-order valence-electron chi connectivity index (χ1n) is 21.1. The predicted octanol–water partition coefficient (Wildman–Crippen LogP) is 8.44. The minimum Gasteiger partial charge on any atom is -0.459 e. The molecule has 11 heteroatoms. The maximum Gasteiger partial charge on any atom is 0.412 e. The number of nitrogens with zero attached hydrogens (tertiary/aromatic N) is 2. The van der Waals surface area contributed by atoms with Gasteiger partial charge in [-0.25, -0.2) is 4.79 Å². The largest absolute Gasteiger partial charge is 0.459 e. The number of hydrogen-bond acceptors (Lipinski definition) is 9. The molecule has 0 aromatic heterocycles. The van der Waals surface area contributed by atoms with Crippen LogP contribution in [0.1, 0.15) is 134 Å². The average molecular weight is 768 g/mol. The zero-order chi connectivity index (χ0) is 39.6. The van der Waals surface area contributed by atoms with Crippen molar-refractivity contribution in [1.82, 2.24) is 10.2 Å². The van der Waals surface area contributed by atoms with E-state index in [2.05, 4.69) is 30.1 Å². The number of amides is 2. The van der Waals surface area contributed by atoms with Crippen molar-refractivity contribution in [1.29, 1.82) is 0 Å². The van der Waals surface area contributed by atoms with Crippen LogP contribution in [0.4, 0.5) is 4.79 Å². The Balaban J connectivity index is 1.79. The SMILES string of the molecule is C=CCO[C@@]12Oc3ccc(OC(=O)NCC)cc3[C@H]3[C@H](CCCCO)[C@@H](CCCCO)C=C(C(=NOC)C[C@@H]1N(C)C(=O)CCCCCCCCCCC)[C@H]32. The lowest BCUT2D eigenvalue weighted by Gasteiger charge is -2.59. The normalized spacial score (nSPS) is 24.6. The van der Waals surface area contributed by atoms with Gasteiger partial charge in [0.05, 0.1) is 18.2 Å². The molecular weight excluding hydrogens is 698 g/mol. The fraction of sp³-hybridized carbons (Fsp3) is 0.705.